The van der Waals surface area contributed by atoms with Gasteiger partial charge in [0.05, 0.1) is 11.7 Å². The highest BCUT2D eigenvalue weighted by atomic mass is 19.4. The van der Waals surface area contributed by atoms with E-state index in [1.807, 2.05) is 4.90 Å². The van der Waals surface area contributed by atoms with E-state index in [0.29, 0.717) is 18.9 Å². The van der Waals surface area contributed by atoms with Crippen LogP contribution in [-0.2, 0) is 10.9 Å². The van der Waals surface area contributed by atoms with E-state index in [2.05, 4.69) is 10.3 Å². The van der Waals surface area contributed by atoms with Crippen molar-refractivity contribution in [2.24, 2.45) is 0 Å². The van der Waals surface area contributed by atoms with Crippen molar-refractivity contribution in [1.82, 2.24) is 4.98 Å². The van der Waals surface area contributed by atoms with Gasteiger partial charge in [0.25, 0.3) is 0 Å². The highest BCUT2D eigenvalue weighted by Crippen LogP contribution is 2.33. The molecule has 4 nitrogen and oxygen atoms in total. The molecular formula is C13H18F3N3O. The Morgan fingerprint density at radius 3 is 2.75 bits per heavy atom. The van der Waals surface area contributed by atoms with E-state index in [4.69, 9.17) is 4.74 Å². The second kappa shape index (κ2) is 5.87. The summed E-state index contributed by atoms with van der Waals surface area (Å²) in [5.41, 5.74) is -0.689. The number of aromatic nitrogens is 1. The molecule has 0 aromatic carbocycles. The van der Waals surface area contributed by atoms with E-state index in [9.17, 15) is 13.2 Å². The molecule has 1 atom stereocenters. The molecule has 1 aliphatic rings. The van der Waals surface area contributed by atoms with Crippen LogP contribution in [0.3, 0.4) is 0 Å². The number of nitrogens with zero attached hydrogens (tertiary/aromatic N) is 2. The molecule has 0 radical (unpaired) electrons. The summed E-state index contributed by atoms with van der Waals surface area (Å²) in [6, 6.07) is 2.11. The van der Waals surface area contributed by atoms with Crippen LogP contribution in [0.25, 0.3) is 0 Å². The molecule has 1 unspecified atom stereocenters. The van der Waals surface area contributed by atoms with Crippen molar-refractivity contribution in [2.75, 3.05) is 37.5 Å². The fourth-order valence-electron chi connectivity index (χ4n) is 2.31. The third kappa shape index (κ3) is 3.33. The molecule has 1 aromatic heterocycles. The Hall–Kier alpha value is -1.50. The van der Waals surface area contributed by atoms with E-state index in [0.717, 1.165) is 25.0 Å². The molecule has 1 fully saturated rings. The third-order valence-corrected chi connectivity index (χ3v) is 3.43. The minimum absolute atomic E-state index is 0.0399. The number of ether oxygens (including phenoxy) is 1. The number of nitrogens with one attached hydrogen (secondary N) is 1. The molecule has 0 amide bonds. The lowest BCUT2D eigenvalue weighted by atomic mass is 10.1. The van der Waals surface area contributed by atoms with E-state index in [-0.39, 0.29) is 11.9 Å². The molecule has 1 N–H and O–H groups in total. The lowest BCUT2D eigenvalue weighted by Gasteiger charge is -2.33. The van der Waals surface area contributed by atoms with Gasteiger partial charge in [0.15, 0.2) is 0 Å². The van der Waals surface area contributed by atoms with Crippen molar-refractivity contribution in [3.8, 4) is 0 Å². The van der Waals surface area contributed by atoms with Crippen molar-refractivity contribution in [3.63, 3.8) is 0 Å². The van der Waals surface area contributed by atoms with Gasteiger partial charge in [-0.2, -0.15) is 13.2 Å². The molecule has 7 heteroatoms. The van der Waals surface area contributed by atoms with Gasteiger partial charge in [0.1, 0.15) is 11.6 Å². The lowest BCUT2D eigenvalue weighted by Crippen LogP contribution is -2.39. The Kier molecular flexibility index (Phi) is 4.37. The maximum atomic E-state index is 12.9. The molecule has 1 saturated heterocycles. The summed E-state index contributed by atoms with van der Waals surface area (Å²) in [6.07, 6.45) is -2.53. The first-order valence-corrected chi connectivity index (χ1v) is 6.49. The van der Waals surface area contributed by atoms with Crippen molar-refractivity contribution >= 4 is 11.6 Å². The molecule has 112 valence electrons. The van der Waals surface area contributed by atoms with Gasteiger partial charge in [-0.3, -0.25) is 0 Å². The Bertz CT molecular complexity index is 465. The van der Waals surface area contributed by atoms with Crippen LogP contribution in [0.2, 0.25) is 0 Å². The predicted octanol–water partition coefficient (Wildman–Crippen LogP) is 2.76. The summed E-state index contributed by atoms with van der Waals surface area (Å²) >= 11 is 0. The predicted molar refractivity (Wildman–Crippen MR) is 71.0 cm³/mol. The maximum absolute atomic E-state index is 12.9. The smallest absolute Gasteiger partial charge is 0.380 e. The van der Waals surface area contributed by atoms with Gasteiger partial charge in [-0.15, -0.1) is 0 Å². The minimum atomic E-state index is -4.38. The Balaban J connectivity index is 2.30. The second-order valence-corrected chi connectivity index (χ2v) is 4.79. The zero-order valence-corrected chi connectivity index (χ0v) is 11.5. The van der Waals surface area contributed by atoms with Crippen molar-refractivity contribution in [3.05, 3.63) is 17.7 Å². The lowest BCUT2D eigenvalue weighted by molar-refractivity contribution is -0.137. The first-order valence-electron chi connectivity index (χ1n) is 6.49. The number of pyridine rings is 1. The quantitative estimate of drug-likeness (QED) is 0.928. The highest BCUT2D eigenvalue weighted by molar-refractivity contribution is 5.51. The monoisotopic (exact) mass is 289 g/mol. The molecule has 0 spiro atoms. The molecule has 1 aliphatic heterocycles. The standard InChI is InChI=1S/C13H18F3N3O/c1-17-11-6-9(13(14,15)16)7-12(18-11)19-5-3-4-10(8-19)20-2/h6-7,10H,3-5,8H2,1-2H3,(H,17,18). The summed E-state index contributed by atoms with van der Waals surface area (Å²) in [7, 11) is 3.17. The summed E-state index contributed by atoms with van der Waals surface area (Å²) < 4.78 is 44.0. The number of rotatable bonds is 3. The first kappa shape index (κ1) is 14.9. The van der Waals surface area contributed by atoms with Crippen LogP contribution in [0.15, 0.2) is 12.1 Å². The van der Waals surface area contributed by atoms with Gasteiger partial charge in [-0.1, -0.05) is 0 Å². The summed E-state index contributed by atoms with van der Waals surface area (Å²) in [5, 5.41) is 2.68. The topological polar surface area (TPSA) is 37.4 Å². The van der Waals surface area contributed by atoms with Gasteiger partial charge in [0, 0.05) is 27.2 Å². The van der Waals surface area contributed by atoms with E-state index >= 15 is 0 Å². The van der Waals surface area contributed by atoms with Gasteiger partial charge in [0.2, 0.25) is 0 Å². The largest absolute Gasteiger partial charge is 0.416 e. The molecule has 0 saturated carbocycles. The normalized spacial score (nSPS) is 20.1. The third-order valence-electron chi connectivity index (χ3n) is 3.43. The van der Waals surface area contributed by atoms with Crippen LogP contribution in [0.1, 0.15) is 18.4 Å². The van der Waals surface area contributed by atoms with Crippen LogP contribution < -0.4 is 10.2 Å². The molecular weight excluding hydrogens is 271 g/mol. The molecule has 0 aliphatic carbocycles. The van der Waals surface area contributed by atoms with Crippen molar-refractivity contribution in [2.45, 2.75) is 25.1 Å². The van der Waals surface area contributed by atoms with Crippen molar-refractivity contribution < 1.29 is 17.9 Å². The van der Waals surface area contributed by atoms with Gasteiger partial charge < -0.3 is 15.0 Å². The van der Waals surface area contributed by atoms with Crippen LogP contribution in [0.5, 0.6) is 0 Å². The Morgan fingerprint density at radius 1 is 1.40 bits per heavy atom. The molecule has 0 bridgehead atoms. The van der Waals surface area contributed by atoms with Gasteiger partial charge >= 0.3 is 6.18 Å². The number of methoxy groups -OCH3 is 1. The maximum Gasteiger partial charge on any atom is 0.416 e. The van der Waals surface area contributed by atoms with E-state index < -0.39 is 11.7 Å². The number of piperidine rings is 1. The van der Waals surface area contributed by atoms with Crippen LogP contribution in [0.4, 0.5) is 24.8 Å². The van der Waals surface area contributed by atoms with Crippen LogP contribution in [-0.4, -0.2) is 38.3 Å². The molecule has 1 aromatic rings. The van der Waals surface area contributed by atoms with Gasteiger partial charge in [-0.25, -0.2) is 4.98 Å². The molecule has 2 heterocycles. The van der Waals surface area contributed by atoms with E-state index in [1.54, 1.807) is 14.2 Å². The summed E-state index contributed by atoms with van der Waals surface area (Å²) in [6.45, 7) is 1.26. The molecule has 2 rings (SSSR count). The number of alkyl halides is 3. The average Bonchev–Trinajstić information content (AvgIpc) is 2.46. The fourth-order valence-corrected chi connectivity index (χ4v) is 2.31. The highest BCUT2D eigenvalue weighted by Gasteiger charge is 2.32. The first-order chi connectivity index (χ1) is 9.44. The second-order valence-electron chi connectivity index (χ2n) is 4.79. The SMILES string of the molecule is CNc1cc(C(F)(F)F)cc(N2CCCC(OC)C2)n1. The minimum Gasteiger partial charge on any atom is -0.380 e. The van der Waals surface area contributed by atoms with Gasteiger partial charge in [-0.05, 0) is 25.0 Å². The Labute approximate surface area is 115 Å². The zero-order chi connectivity index (χ0) is 14.8. The van der Waals surface area contributed by atoms with Crippen LogP contribution >= 0.6 is 0 Å². The number of anilines is 2. The fraction of sp³-hybridized carbons (Fsp3) is 0.615. The Morgan fingerprint density at radius 2 is 2.15 bits per heavy atom. The summed E-state index contributed by atoms with van der Waals surface area (Å²) in [4.78, 5) is 6.06. The van der Waals surface area contributed by atoms with Crippen LogP contribution in [0, 0.1) is 0 Å². The average molecular weight is 289 g/mol. The number of hydrogen-bond donors (Lipinski definition) is 1. The van der Waals surface area contributed by atoms with Crippen molar-refractivity contribution in [1.29, 1.82) is 0 Å². The zero-order valence-electron chi connectivity index (χ0n) is 11.5. The number of halogens is 3. The summed E-state index contributed by atoms with van der Waals surface area (Å²) in [5.74, 6) is 0.556. The number of hydrogen-bond acceptors (Lipinski definition) is 4. The molecule has 20 heavy (non-hydrogen) atoms. The van der Waals surface area contributed by atoms with E-state index in [1.165, 1.54) is 0 Å².